The van der Waals surface area contributed by atoms with Crippen LogP contribution in [0, 0.1) is 11.7 Å². The van der Waals surface area contributed by atoms with Gasteiger partial charge in [-0.2, -0.15) is 11.8 Å². The van der Waals surface area contributed by atoms with E-state index in [-0.39, 0.29) is 0 Å². The molecule has 0 aliphatic carbocycles. The van der Waals surface area contributed by atoms with Gasteiger partial charge < -0.3 is 9.55 Å². The van der Waals surface area contributed by atoms with E-state index in [2.05, 4.69) is 20.8 Å². The highest BCUT2D eigenvalue weighted by molar-refractivity contribution is 7.98. The molecule has 0 bridgehead atoms. The van der Waals surface area contributed by atoms with E-state index in [1.807, 2.05) is 30.8 Å². The number of pyridine rings is 1. The van der Waals surface area contributed by atoms with Gasteiger partial charge in [0, 0.05) is 12.2 Å². The third-order valence-electron chi connectivity index (χ3n) is 2.49. The van der Waals surface area contributed by atoms with E-state index in [1.54, 1.807) is 0 Å². The number of aryl methyl sites for hydroxylation is 2. The van der Waals surface area contributed by atoms with Crippen LogP contribution in [0.1, 0.15) is 12.1 Å². The fourth-order valence-corrected chi connectivity index (χ4v) is 2.41. The minimum absolute atomic E-state index is 0.772. The molecule has 0 aliphatic rings. The van der Waals surface area contributed by atoms with Crippen molar-refractivity contribution in [1.29, 1.82) is 0 Å². The number of H-pyrrole nitrogens is 1. The highest BCUT2D eigenvalue weighted by atomic mass is 32.2. The Balaban J connectivity index is 2.38. The molecule has 0 unspecified atom stereocenters. The second kappa shape index (κ2) is 5.01. The van der Waals surface area contributed by atoms with E-state index in [9.17, 15) is 0 Å². The van der Waals surface area contributed by atoms with Crippen molar-refractivity contribution in [1.82, 2.24) is 14.5 Å². The zero-order valence-electron chi connectivity index (χ0n) is 9.49. The molecule has 0 amide bonds. The standard InChI is InChI=1S/C11H15N3S2/c1-8-4-5-9-10(12-8)14(11(15)13-9)6-3-7-16-2/h4-5H,3,6-7H2,1-2H3,(H,13,15). The lowest BCUT2D eigenvalue weighted by molar-refractivity contribution is 0.688. The van der Waals surface area contributed by atoms with Crippen LogP contribution in [0.15, 0.2) is 12.1 Å². The molecule has 1 N–H and O–H groups in total. The number of hydrogen-bond acceptors (Lipinski definition) is 3. The van der Waals surface area contributed by atoms with Crippen LogP contribution in [0.2, 0.25) is 0 Å². The van der Waals surface area contributed by atoms with Gasteiger partial charge in [0.15, 0.2) is 10.4 Å². The van der Waals surface area contributed by atoms with Crippen LogP contribution in [0.25, 0.3) is 11.2 Å². The summed E-state index contributed by atoms with van der Waals surface area (Å²) >= 11 is 7.17. The van der Waals surface area contributed by atoms with E-state index < -0.39 is 0 Å². The highest BCUT2D eigenvalue weighted by Gasteiger charge is 2.05. The third kappa shape index (κ3) is 2.30. The summed E-state index contributed by atoms with van der Waals surface area (Å²) in [6.45, 7) is 2.94. The number of aromatic amines is 1. The Bertz CT molecular complexity index is 542. The van der Waals surface area contributed by atoms with Crippen molar-refractivity contribution in [2.45, 2.75) is 19.9 Å². The highest BCUT2D eigenvalue weighted by Crippen LogP contribution is 2.13. The van der Waals surface area contributed by atoms with E-state index in [0.29, 0.717) is 0 Å². The first-order valence-corrected chi connectivity index (χ1v) is 7.07. The molecule has 0 radical (unpaired) electrons. The minimum Gasteiger partial charge on any atom is -0.329 e. The fraction of sp³-hybridized carbons (Fsp3) is 0.455. The Hall–Kier alpha value is -0.810. The summed E-state index contributed by atoms with van der Waals surface area (Å²) in [5, 5.41) is 0. The van der Waals surface area contributed by atoms with Crippen LogP contribution in [-0.4, -0.2) is 26.5 Å². The largest absolute Gasteiger partial charge is 0.329 e. The van der Waals surface area contributed by atoms with Crippen molar-refractivity contribution < 1.29 is 0 Å². The summed E-state index contributed by atoms with van der Waals surface area (Å²) in [7, 11) is 0. The zero-order chi connectivity index (χ0) is 11.5. The first kappa shape index (κ1) is 11.7. The fourth-order valence-electron chi connectivity index (χ4n) is 1.70. The predicted octanol–water partition coefficient (Wildman–Crippen LogP) is 3.16. The summed E-state index contributed by atoms with van der Waals surface area (Å²) in [5.41, 5.74) is 3.03. The Morgan fingerprint density at radius 2 is 2.31 bits per heavy atom. The summed E-state index contributed by atoms with van der Waals surface area (Å²) in [5.74, 6) is 1.15. The quantitative estimate of drug-likeness (QED) is 0.671. The smallest absolute Gasteiger partial charge is 0.179 e. The van der Waals surface area contributed by atoms with Crippen LogP contribution in [0.4, 0.5) is 0 Å². The van der Waals surface area contributed by atoms with Crippen LogP contribution in [0.3, 0.4) is 0 Å². The number of rotatable bonds is 4. The van der Waals surface area contributed by atoms with E-state index in [1.165, 1.54) is 0 Å². The normalized spacial score (nSPS) is 11.1. The Labute approximate surface area is 104 Å². The lowest BCUT2D eigenvalue weighted by Crippen LogP contribution is -2.00. The summed E-state index contributed by atoms with van der Waals surface area (Å²) in [6.07, 6.45) is 3.24. The maximum absolute atomic E-state index is 5.31. The number of imidazole rings is 1. The maximum atomic E-state index is 5.31. The maximum Gasteiger partial charge on any atom is 0.179 e. The number of nitrogens with one attached hydrogen (secondary N) is 1. The molecule has 5 heteroatoms. The molecule has 2 rings (SSSR count). The summed E-state index contributed by atoms with van der Waals surface area (Å²) in [4.78, 5) is 7.72. The number of thioether (sulfide) groups is 1. The monoisotopic (exact) mass is 253 g/mol. The van der Waals surface area contributed by atoms with E-state index in [4.69, 9.17) is 12.2 Å². The molecular formula is C11H15N3S2. The Morgan fingerprint density at radius 1 is 1.50 bits per heavy atom. The van der Waals surface area contributed by atoms with Crippen LogP contribution >= 0.6 is 24.0 Å². The average Bonchev–Trinajstić information content (AvgIpc) is 2.56. The molecular weight excluding hydrogens is 238 g/mol. The van der Waals surface area contributed by atoms with Gasteiger partial charge in [-0.15, -0.1) is 0 Å². The molecule has 0 saturated carbocycles. The minimum atomic E-state index is 0.772. The molecule has 0 fully saturated rings. The molecule has 0 saturated heterocycles. The van der Waals surface area contributed by atoms with Gasteiger partial charge in [0.25, 0.3) is 0 Å². The number of aromatic nitrogens is 3. The van der Waals surface area contributed by atoms with Crippen molar-refractivity contribution >= 4 is 35.1 Å². The molecule has 86 valence electrons. The third-order valence-corrected chi connectivity index (χ3v) is 3.51. The molecule has 3 nitrogen and oxygen atoms in total. The van der Waals surface area contributed by atoms with Crippen LogP contribution in [0.5, 0.6) is 0 Å². The van der Waals surface area contributed by atoms with Crippen molar-refractivity contribution in [3.05, 3.63) is 22.6 Å². The van der Waals surface area contributed by atoms with E-state index in [0.717, 1.165) is 40.3 Å². The van der Waals surface area contributed by atoms with Gasteiger partial charge in [-0.05, 0) is 49.7 Å². The first-order chi connectivity index (χ1) is 7.72. The topological polar surface area (TPSA) is 33.6 Å². The van der Waals surface area contributed by atoms with Crippen LogP contribution < -0.4 is 0 Å². The molecule has 2 heterocycles. The Kier molecular flexibility index (Phi) is 3.66. The SMILES string of the molecule is CSCCCn1c(=S)[nH]c2ccc(C)nc21. The van der Waals surface area contributed by atoms with Gasteiger partial charge in [0.2, 0.25) is 0 Å². The molecule has 2 aromatic heterocycles. The van der Waals surface area contributed by atoms with Crippen molar-refractivity contribution in [3.8, 4) is 0 Å². The van der Waals surface area contributed by atoms with Gasteiger partial charge >= 0.3 is 0 Å². The van der Waals surface area contributed by atoms with Crippen molar-refractivity contribution in [2.24, 2.45) is 0 Å². The van der Waals surface area contributed by atoms with Crippen LogP contribution in [-0.2, 0) is 6.54 Å². The number of fused-ring (bicyclic) bond motifs is 1. The van der Waals surface area contributed by atoms with E-state index >= 15 is 0 Å². The molecule has 16 heavy (non-hydrogen) atoms. The second-order valence-corrected chi connectivity index (χ2v) is 5.12. The van der Waals surface area contributed by atoms with Gasteiger partial charge in [-0.1, -0.05) is 0 Å². The zero-order valence-corrected chi connectivity index (χ0v) is 11.1. The average molecular weight is 253 g/mol. The van der Waals surface area contributed by atoms with Gasteiger partial charge in [-0.3, -0.25) is 0 Å². The van der Waals surface area contributed by atoms with Crippen molar-refractivity contribution in [3.63, 3.8) is 0 Å². The second-order valence-electron chi connectivity index (χ2n) is 3.75. The molecule has 0 aromatic carbocycles. The van der Waals surface area contributed by atoms with Gasteiger partial charge in [-0.25, -0.2) is 4.98 Å². The molecule has 2 aromatic rings. The van der Waals surface area contributed by atoms with Gasteiger partial charge in [0.05, 0.1) is 5.52 Å². The summed E-state index contributed by atoms with van der Waals surface area (Å²) < 4.78 is 2.86. The van der Waals surface area contributed by atoms with Crippen molar-refractivity contribution in [2.75, 3.05) is 12.0 Å². The summed E-state index contributed by atoms with van der Waals surface area (Å²) in [6, 6.07) is 4.04. The number of nitrogens with zero attached hydrogens (tertiary/aromatic N) is 2. The first-order valence-electron chi connectivity index (χ1n) is 5.27. The lowest BCUT2D eigenvalue weighted by Gasteiger charge is -2.03. The Morgan fingerprint density at radius 3 is 3.06 bits per heavy atom. The molecule has 0 atom stereocenters. The predicted molar refractivity (Wildman–Crippen MR) is 72.7 cm³/mol. The number of hydrogen-bond donors (Lipinski definition) is 1. The lowest BCUT2D eigenvalue weighted by atomic mass is 10.3. The molecule has 0 spiro atoms. The van der Waals surface area contributed by atoms with Gasteiger partial charge in [0.1, 0.15) is 0 Å². The molecule has 0 aliphatic heterocycles.